The van der Waals surface area contributed by atoms with Crippen LogP contribution in [0.25, 0.3) is 0 Å². The number of benzene rings is 1. The molecule has 0 atom stereocenters. The molecule has 0 aliphatic carbocycles. The number of hydrogen-bond acceptors (Lipinski definition) is 4. The van der Waals surface area contributed by atoms with Crippen LogP contribution in [0.1, 0.15) is 6.42 Å². The molecule has 0 saturated carbocycles. The van der Waals surface area contributed by atoms with Crippen LogP contribution in [0.3, 0.4) is 0 Å². The number of hydrogen-bond donors (Lipinski definition) is 2. The van der Waals surface area contributed by atoms with Crippen molar-refractivity contribution in [3.05, 3.63) is 30.3 Å². The Balaban J connectivity index is 2.45. The van der Waals surface area contributed by atoms with Crippen LogP contribution in [-0.2, 0) is 9.59 Å². The first-order valence-electron chi connectivity index (χ1n) is 5.91. The second kappa shape index (κ2) is 8.10. The SMILES string of the molecule is O=C(O)CCN(CCO)C(=O)COc1ccccc1. The summed E-state index contributed by atoms with van der Waals surface area (Å²) < 4.78 is 5.28. The highest BCUT2D eigenvalue weighted by Gasteiger charge is 2.14. The number of nitrogens with zero attached hydrogens (tertiary/aromatic N) is 1. The molecule has 0 heterocycles. The number of aliphatic hydroxyl groups is 1. The zero-order valence-electron chi connectivity index (χ0n) is 10.5. The van der Waals surface area contributed by atoms with E-state index in [4.69, 9.17) is 14.9 Å². The van der Waals surface area contributed by atoms with Gasteiger partial charge in [0.25, 0.3) is 5.91 Å². The Morgan fingerprint density at radius 2 is 1.84 bits per heavy atom. The Bertz CT molecular complexity index is 407. The summed E-state index contributed by atoms with van der Waals surface area (Å²) in [6, 6.07) is 8.85. The number of para-hydroxylation sites is 1. The number of amides is 1. The second-order valence-electron chi connectivity index (χ2n) is 3.85. The molecule has 0 fully saturated rings. The average molecular weight is 267 g/mol. The lowest BCUT2D eigenvalue weighted by molar-refractivity contribution is -0.139. The summed E-state index contributed by atoms with van der Waals surface area (Å²) >= 11 is 0. The minimum atomic E-state index is -0.986. The van der Waals surface area contributed by atoms with Crippen LogP contribution in [0.2, 0.25) is 0 Å². The second-order valence-corrected chi connectivity index (χ2v) is 3.85. The molecular formula is C13H17NO5. The lowest BCUT2D eigenvalue weighted by atomic mass is 10.3. The number of carboxylic acids is 1. The molecule has 0 unspecified atom stereocenters. The fraction of sp³-hybridized carbons (Fsp3) is 0.385. The topological polar surface area (TPSA) is 87.1 Å². The van der Waals surface area contributed by atoms with E-state index in [-0.39, 0.29) is 38.6 Å². The Kier molecular flexibility index (Phi) is 6.38. The van der Waals surface area contributed by atoms with E-state index >= 15 is 0 Å². The fourth-order valence-electron chi connectivity index (χ4n) is 1.47. The minimum absolute atomic E-state index is 0.0624. The minimum Gasteiger partial charge on any atom is -0.484 e. The molecule has 0 aliphatic heterocycles. The van der Waals surface area contributed by atoms with Gasteiger partial charge >= 0.3 is 5.97 Å². The lowest BCUT2D eigenvalue weighted by Crippen LogP contribution is -2.38. The van der Waals surface area contributed by atoms with Crippen molar-refractivity contribution in [1.29, 1.82) is 0 Å². The van der Waals surface area contributed by atoms with Crippen molar-refractivity contribution in [3.8, 4) is 5.75 Å². The summed E-state index contributed by atoms with van der Waals surface area (Å²) in [6.07, 6.45) is -0.156. The molecule has 0 spiro atoms. The van der Waals surface area contributed by atoms with Crippen LogP contribution in [0.4, 0.5) is 0 Å². The third-order valence-electron chi connectivity index (χ3n) is 2.42. The van der Waals surface area contributed by atoms with Crippen molar-refractivity contribution in [2.75, 3.05) is 26.3 Å². The molecule has 2 N–H and O–H groups in total. The normalized spacial score (nSPS) is 9.95. The summed E-state index contributed by atoms with van der Waals surface area (Å²) in [5.74, 6) is -0.767. The zero-order chi connectivity index (χ0) is 14.1. The Labute approximate surface area is 111 Å². The first-order chi connectivity index (χ1) is 9.13. The Morgan fingerprint density at radius 1 is 1.16 bits per heavy atom. The van der Waals surface area contributed by atoms with Crippen LogP contribution >= 0.6 is 0 Å². The molecule has 1 amide bonds. The molecule has 0 aliphatic rings. The highest BCUT2D eigenvalue weighted by Crippen LogP contribution is 2.08. The fourth-order valence-corrected chi connectivity index (χ4v) is 1.47. The molecule has 0 aromatic heterocycles. The lowest BCUT2D eigenvalue weighted by Gasteiger charge is -2.20. The van der Waals surface area contributed by atoms with Crippen molar-refractivity contribution in [2.45, 2.75) is 6.42 Å². The predicted octanol–water partition coefficient (Wildman–Crippen LogP) is 0.361. The molecule has 0 radical (unpaired) electrons. The smallest absolute Gasteiger partial charge is 0.305 e. The molecule has 0 bridgehead atoms. The number of carbonyl (C=O) groups excluding carboxylic acids is 1. The van der Waals surface area contributed by atoms with Gasteiger partial charge in [0.1, 0.15) is 5.75 Å². The van der Waals surface area contributed by atoms with Gasteiger partial charge in [-0.2, -0.15) is 0 Å². The highest BCUT2D eigenvalue weighted by molar-refractivity contribution is 5.78. The molecule has 1 aromatic rings. The van der Waals surface area contributed by atoms with E-state index in [1.807, 2.05) is 6.07 Å². The molecule has 0 saturated heterocycles. The van der Waals surface area contributed by atoms with E-state index in [2.05, 4.69) is 0 Å². The maximum absolute atomic E-state index is 11.8. The van der Waals surface area contributed by atoms with Gasteiger partial charge in [-0.25, -0.2) is 0 Å². The van der Waals surface area contributed by atoms with Gasteiger partial charge < -0.3 is 19.8 Å². The molecule has 6 heteroatoms. The Morgan fingerprint density at radius 3 is 2.42 bits per heavy atom. The largest absolute Gasteiger partial charge is 0.484 e. The van der Waals surface area contributed by atoms with Gasteiger partial charge in [0.2, 0.25) is 0 Å². The van der Waals surface area contributed by atoms with E-state index in [9.17, 15) is 9.59 Å². The van der Waals surface area contributed by atoms with Gasteiger partial charge in [0, 0.05) is 13.1 Å². The summed E-state index contributed by atoms with van der Waals surface area (Å²) in [7, 11) is 0. The third-order valence-corrected chi connectivity index (χ3v) is 2.42. The van der Waals surface area contributed by atoms with Crippen molar-refractivity contribution in [3.63, 3.8) is 0 Å². The maximum atomic E-state index is 11.8. The van der Waals surface area contributed by atoms with Crippen molar-refractivity contribution in [1.82, 2.24) is 4.90 Å². The van der Waals surface area contributed by atoms with E-state index in [1.165, 1.54) is 4.90 Å². The van der Waals surface area contributed by atoms with Crippen LogP contribution in [-0.4, -0.2) is 53.3 Å². The number of rotatable bonds is 8. The van der Waals surface area contributed by atoms with Crippen molar-refractivity contribution >= 4 is 11.9 Å². The number of carbonyl (C=O) groups is 2. The van der Waals surface area contributed by atoms with Gasteiger partial charge in [-0.3, -0.25) is 9.59 Å². The monoisotopic (exact) mass is 267 g/mol. The van der Waals surface area contributed by atoms with E-state index in [0.29, 0.717) is 5.75 Å². The first kappa shape index (κ1) is 15.0. The summed E-state index contributed by atoms with van der Waals surface area (Å²) in [6.45, 7) is -0.225. The number of ether oxygens (including phenoxy) is 1. The van der Waals surface area contributed by atoms with Crippen LogP contribution < -0.4 is 4.74 Å². The summed E-state index contributed by atoms with van der Waals surface area (Å²) in [5.41, 5.74) is 0. The molecule has 1 rings (SSSR count). The van der Waals surface area contributed by atoms with Crippen molar-refractivity contribution < 1.29 is 24.5 Å². The Hall–Kier alpha value is -2.08. The van der Waals surface area contributed by atoms with Crippen molar-refractivity contribution in [2.24, 2.45) is 0 Å². The number of carboxylic acid groups (broad SMARTS) is 1. The molecular weight excluding hydrogens is 250 g/mol. The predicted molar refractivity (Wildman–Crippen MR) is 67.9 cm³/mol. The van der Waals surface area contributed by atoms with E-state index in [1.54, 1.807) is 24.3 Å². The van der Waals surface area contributed by atoms with Gasteiger partial charge in [0.05, 0.1) is 13.0 Å². The molecule has 19 heavy (non-hydrogen) atoms. The standard InChI is InChI=1S/C13H17NO5/c15-9-8-14(7-6-13(17)18)12(16)10-19-11-4-2-1-3-5-11/h1-5,15H,6-10H2,(H,17,18). The number of aliphatic carboxylic acids is 1. The highest BCUT2D eigenvalue weighted by atomic mass is 16.5. The van der Waals surface area contributed by atoms with Gasteiger partial charge in [-0.1, -0.05) is 18.2 Å². The van der Waals surface area contributed by atoms with Crippen LogP contribution in [0.5, 0.6) is 5.75 Å². The van der Waals surface area contributed by atoms with Gasteiger partial charge in [0.15, 0.2) is 6.61 Å². The molecule has 104 valence electrons. The number of aliphatic hydroxyl groups excluding tert-OH is 1. The summed E-state index contributed by atoms with van der Waals surface area (Å²) in [4.78, 5) is 23.6. The van der Waals surface area contributed by atoms with Crippen LogP contribution in [0, 0.1) is 0 Å². The third kappa shape index (κ3) is 5.87. The van der Waals surface area contributed by atoms with Gasteiger partial charge in [-0.05, 0) is 12.1 Å². The van der Waals surface area contributed by atoms with E-state index < -0.39 is 5.97 Å². The first-order valence-corrected chi connectivity index (χ1v) is 5.91. The average Bonchev–Trinajstić information content (AvgIpc) is 2.41. The van der Waals surface area contributed by atoms with Crippen LogP contribution in [0.15, 0.2) is 30.3 Å². The molecule has 6 nitrogen and oxygen atoms in total. The summed E-state index contributed by atoms with van der Waals surface area (Å²) in [5, 5.41) is 17.4. The van der Waals surface area contributed by atoms with Gasteiger partial charge in [-0.15, -0.1) is 0 Å². The molecule has 1 aromatic carbocycles. The zero-order valence-corrected chi connectivity index (χ0v) is 10.5. The maximum Gasteiger partial charge on any atom is 0.305 e. The van der Waals surface area contributed by atoms with E-state index in [0.717, 1.165) is 0 Å². The quantitative estimate of drug-likeness (QED) is 0.710.